The van der Waals surface area contributed by atoms with Gasteiger partial charge in [0, 0.05) is 6.20 Å². The Morgan fingerprint density at radius 1 is 1.28 bits per heavy atom. The van der Waals surface area contributed by atoms with Crippen LogP contribution >= 0.6 is 11.6 Å². The molecule has 4 nitrogen and oxygen atoms in total. The molecule has 0 saturated carbocycles. The highest BCUT2D eigenvalue weighted by molar-refractivity contribution is 6.33. The van der Waals surface area contributed by atoms with E-state index in [-0.39, 0.29) is 5.91 Å². The number of nitrogens with two attached hydrogens (primary N) is 1. The highest BCUT2D eigenvalue weighted by atomic mass is 35.5. The molecule has 2 aromatic rings. The smallest absolute Gasteiger partial charge is 0.245 e. The Hall–Kier alpha value is -1.91. The molecule has 1 aromatic carbocycles. The predicted molar refractivity (Wildman–Crippen MR) is 71.2 cm³/mol. The highest BCUT2D eigenvalue weighted by Gasteiger charge is 2.16. The lowest BCUT2D eigenvalue weighted by molar-refractivity contribution is -0.117. The summed E-state index contributed by atoms with van der Waals surface area (Å²) in [6.07, 6.45) is 3.03. The molecule has 1 amide bonds. The maximum atomic E-state index is 11.9. The molecule has 1 heterocycles. The molecular formula is C13H12ClN3O. The van der Waals surface area contributed by atoms with Crippen molar-refractivity contribution in [3.63, 3.8) is 0 Å². The Kier molecular flexibility index (Phi) is 3.92. The molecule has 92 valence electrons. The second-order valence-electron chi connectivity index (χ2n) is 3.73. The van der Waals surface area contributed by atoms with Gasteiger partial charge in [0.05, 0.1) is 16.9 Å². The van der Waals surface area contributed by atoms with Gasteiger partial charge in [-0.2, -0.15) is 0 Å². The van der Waals surface area contributed by atoms with Crippen molar-refractivity contribution in [2.24, 2.45) is 5.73 Å². The number of hydrogen-bond acceptors (Lipinski definition) is 3. The Morgan fingerprint density at radius 2 is 2.00 bits per heavy atom. The first kappa shape index (κ1) is 12.5. The van der Waals surface area contributed by atoms with Crippen LogP contribution in [0.4, 0.5) is 5.69 Å². The van der Waals surface area contributed by atoms with Gasteiger partial charge in [-0.3, -0.25) is 9.78 Å². The van der Waals surface area contributed by atoms with Crippen LogP contribution < -0.4 is 11.1 Å². The maximum absolute atomic E-state index is 11.9. The number of amides is 1. The summed E-state index contributed by atoms with van der Waals surface area (Å²) in [5.41, 5.74) is 7.06. The number of carbonyl (C=O) groups excluding carboxylic acids is 1. The average Bonchev–Trinajstić information content (AvgIpc) is 2.41. The van der Waals surface area contributed by atoms with Crippen molar-refractivity contribution in [3.8, 4) is 0 Å². The molecular weight excluding hydrogens is 250 g/mol. The van der Waals surface area contributed by atoms with E-state index in [2.05, 4.69) is 10.3 Å². The number of rotatable bonds is 3. The maximum Gasteiger partial charge on any atom is 0.245 e. The van der Waals surface area contributed by atoms with Crippen LogP contribution in [0.15, 0.2) is 48.8 Å². The fourth-order valence-electron chi connectivity index (χ4n) is 1.49. The van der Waals surface area contributed by atoms with E-state index in [0.717, 1.165) is 5.56 Å². The first-order valence-corrected chi connectivity index (χ1v) is 5.77. The summed E-state index contributed by atoms with van der Waals surface area (Å²) in [5.74, 6) is -0.323. The minimum Gasteiger partial charge on any atom is -0.322 e. The molecule has 0 aliphatic rings. The minimum absolute atomic E-state index is 0.323. The first-order chi connectivity index (χ1) is 8.68. The number of pyridine rings is 1. The molecule has 0 aliphatic carbocycles. The summed E-state index contributed by atoms with van der Waals surface area (Å²) in [7, 11) is 0. The normalized spacial score (nSPS) is 11.9. The van der Waals surface area contributed by atoms with Crippen LogP contribution in [0.5, 0.6) is 0 Å². The fraction of sp³-hybridized carbons (Fsp3) is 0.0769. The lowest BCUT2D eigenvalue weighted by Gasteiger charge is -2.12. The van der Waals surface area contributed by atoms with Crippen molar-refractivity contribution in [1.82, 2.24) is 4.98 Å². The van der Waals surface area contributed by atoms with Gasteiger partial charge in [-0.05, 0) is 11.6 Å². The van der Waals surface area contributed by atoms with Crippen molar-refractivity contribution in [2.45, 2.75) is 6.04 Å². The lowest BCUT2D eigenvalue weighted by atomic mass is 10.1. The summed E-state index contributed by atoms with van der Waals surface area (Å²) in [5, 5.41) is 3.08. The third-order valence-electron chi connectivity index (χ3n) is 2.47. The van der Waals surface area contributed by atoms with E-state index in [1.165, 1.54) is 6.20 Å². The van der Waals surface area contributed by atoms with E-state index in [1.807, 2.05) is 18.2 Å². The molecule has 18 heavy (non-hydrogen) atoms. The topological polar surface area (TPSA) is 68.0 Å². The Morgan fingerprint density at radius 3 is 2.67 bits per heavy atom. The molecule has 2 rings (SSSR count). The zero-order chi connectivity index (χ0) is 13.0. The summed E-state index contributed by atoms with van der Waals surface area (Å²) < 4.78 is 0. The van der Waals surface area contributed by atoms with Gasteiger partial charge in [0.2, 0.25) is 5.91 Å². The van der Waals surface area contributed by atoms with E-state index in [1.54, 1.807) is 24.4 Å². The van der Waals surface area contributed by atoms with E-state index < -0.39 is 6.04 Å². The molecule has 1 atom stereocenters. The fourth-order valence-corrected chi connectivity index (χ4v) is 1.64. The van der Waals surface area contributed by atoms with Gasteiger partial charge in [-0.1, -0.05) is 41.9 Å². The molecule has 0 fully saturated rings. The predicted octanol–water partition coefficient (Wildman–Crippen LogP) is 2.37. The molecule has 0 aliphatic heterocycles. The van der Waals surface area contributed by atoms with Gasteiger partial charge < -0.3 is 11.1 Å². The van der Waals surface area contributed by atoms with Crippen molar-refractivity contribution < 1.29 is 4.79 Å². The summed E-state index contributed by atoms with van der Waals surface area (Å²) in [4.78, 5) is 15.8. The summed E-state index contributed by atoms with van der Waals surface area (Å²) >= 11 is 5.92. The van der Waals surface area contributed by atoms with Crippen LogP contribution in [0.25, 0.3) is 0 Å². The molecule has 0 spiro atoms. The molecule has 1 aromatic heterocycles. The van der Waals surface area contributed by atoms with Crippen LogP contribution in [-0.4, -0.2) is 10.9 Å². The van der Waals surface area contributed by atoms with Crippen molar-refractivity contribution in [1.29, 1.82) is 0 Å². The molecule has 0 radical (unpaired) electrons. The average molecular weight is 262 g/mol. The van der Waals surface area contributed by atoms with Crippen LogP contribution in [0.3, 0.4) is 0 Å². The summed E-state index contributed by atoms with van der Waals surface area (Å²) in [6, 6.07) is 10.0. The quantitative estimate of drug-likeness (QED) is 0.891. The largest absolute Gasteiger partial charge is 0.322 e. The number of carbonyl (C=O) groups is 1. The van der Waals surface area contributed by atoms with Crippen LogP contribution in [0.1, 0.15) is 11.6 Å². The zero-order valence-electron chi connectivity index (χ0n) is 9.51. The summed E-state index contributed by atoms with van der Waals surface area (Å²) in [6.45, 7) is 0. The Bertz CT molecular complexity index is 545. The number of halogens is 1. The standard InChI is InChI=1S/C13H12ClN3O/c14-10-6-7-16-8-11(10)17-13(18)12(15)9-4-2-1-3-5-9/h1-8,12H,15H2,(H,17,18)/t12-/m1/s1. The van der Waals surface area contributed by atoms with E-state index in [0.29, 0.717) is 10.7 Å². The third kappa shape index (κ3) is 2.85. The van der Waals surface area contributed by atoms with Crippen molar-refractivity contribution >= 4 is 23.2 Å². The Balaban J connectivity index is 2.12. The number of benzene rings is 1. The van der Waals surface area contributed by atoms with Crippen LogP contribution in [-0.2, 0) is 4.79 Å². The van der Waals surface area contributed by atoms with Gasteiger partial charge in [0.25, 0.3) is 0 Å². The number of nitrogens with zero attached hydrogens (tertiary/aromatic N) is 1. The van der Waals surface area contributed by atoms with Crippen LogP contribution in [0, 0.1) is 0 Å². The number of hydrogen-bond donors (Lipinski definition) is 2. The van der Waals surface area contributed by atoms with Crippen molar-refractivity contribution in [3.05, 3.63) is 59.4 Å². The zero-order valence-corrected chi connectivity index (χ0v) is 10.3. The van der Waals surface area contributed by atoms with E-state index >= 15 is 0 Å². The number of nitrogens with one attached hydrogen (secondary N) is 1. The van der Waals surface area contributed by atoms with Gasteiger partial charge in [-0.25, -0.2) is 0 Å². The SMILES string of the molecule is N[C@@H](C(=O)Nc1cnccc1Cl)c1ccccc1. The molecule has 0 saturated heterocycles. The second kappa shape index (κ2) is 5.62. The monoisotopic (exact) mass is 261 g/mol. The number of aromatic nitrogens is 1. The molecule has 5 heteroatoms. The molecule has 0 bridgehead atoms. The van der Waals surface area contributed by atoms with E-state index in [4.69, 9.17) is 17.3 Å². The lowest BCUT2D eigenvalue weighted by Crippen LogP contribution is -2.27. The molecule has 0 unspecified atom stereocenters. The minimum atomic E-state index is -0.734. The van der Waals surface area contributed by atoms with E-state index in [9.17, 15) is 4.79 Å². The third-order valence-corrected chi connectivity index (χ3v) is 2.80. The van der Waals surface area contributed by atoms with Crippen LogP contribution in [0.2, 0.25) is 5.02 Å². The highest BCUT2D eigenvalue weighted by Crippen LogP contribution is 2.20. The van der Waals surface area contributed by atoms with Gasteiger partial charge in [-0.15, -0.1) is 0 Å². The molecule has 3 N–H and O–H groups in total. The first-order valence-electron chi connectivity index (χ1n) is 5.39. The number of anilines is 1. The van der Waals surface area contributed by atoms with Gasteiger partial charge in [0.1, 0.15) is 6.04 Å². The second-order valence-corrected chi connectivity index (χ2v) is 4.14. The van der Waals surface area contributed by atoms with Gasteiger partial charge >= 0.3 is 0 Å². The Labute approximate surface area is 110 Å². The van der Waals surface area contributed by atoms with Gasteiger partial charge in [0.15, 0.2) is 0 Å². The van der Waals surface area contributed by atoms with Crippen molar-refractivity contribution in [2.75, 3.05) is 5.32 Å².